The van der Waals surface area contributed by atoms with Crippen LogP contribution in [0, 0.1) is 0 Å². The lowest BCUT2D eigenvalue weighted by molar-refractivity contribution is -0.142. The average molecular weight is 355 g/mol. The highest BCUT2D eigenvalue weighted by molar-refractivity contribution is 5.75. The second-order valence-corrected chi connectivity index (χ2v) is 7.00. The van der Waals surface area contributed by atoms with Gasteiger partial charge in [-0.05, 0) is 28.2 Å². The predicted molar refractivity (Wildman–Crippen MR) is 100.0 cm³/mol. The van der Waals surface area contributed by atoms with Gasteiger partial charge in [-0.15, -0.1) is 0 Å². The third-order valence-corrected chi connectivity index (χ3v) is 4.84. The lowest BCUT2D eigenvalue weighted by Gasteiger charge is -2.17. The van der Waals surface area contributed by atoms with E-state index in [4.69, 9.17) is 9.84 Å². The zero-order chi connectivity index (χ0) is 18.7. The summed E-state index contributed by atoms with van der Waals surface area (Å²) >= 11 is 0. The van der Waals surface area contributed by atoms with E-state index in [9.17, 15) is 9.90 Å². The minimum absolute atomic E-state index is 0.331. The van der Waals surface area contributed by atoms with Crippen molar-refractivity contribution in [3.63, 3.8) is 0 Å². The van der Waals surface area contributed by atoms with Crippen molar-refractivity contribution in [1.82, 2.24) is 5.32 Å². The smallest absolute Gasteiger partial charge is 0.323 e. The Morgan fingerprint density at radius 3 is 2.50 bits per heavy atom. The molecule has 2 aromatic rings. The molecule has 0 unspecified atom stereocenters. The molecule has 5 nitrogen and oxygen atoms in total. The molecule has 138 valence electrons. The van der Waals surface area contributed by atoms with E-state index in [1.165, 1.54) is 11.1 Å². The van der Waals surface area contributed by atoms with Crippen LogP contribution < -0.4 is 5.32 Å². The monoisotopic (exact) mass is 355 g/mol. The molecule has 0 aliphatic carbocycles. The van der Waals surface area contributed by atoms with Gasteiger partial charge in [0.2, 0.25) is 0 Å². The summed E-state index contributed by atoms with van der Waals surface area (Å²) in [6, 6.07) is 15.6. The standard InChI is InChI=1S/C21H25NO4/c1-13(2)16-5-3-4-6-17(16)15-9-7-14(8-10-15)12-26-18-11-22-19(20(18)23)21(24)25/h3-10,13,18-20,22-23H,11-12H2,1-2H3,(H,24,25)/t18-,19+,20+/m0/s1. The van der Waals surface area contributed by atoms with Gasteiger partial charge in [-0.1, -0.05) is 62.4 Å². The van der Waals surface area contributed by atoms with Crippen molar-refractivity contribution >= 4 is 5.97 Å². The van der Waals surface area contributed by atoms with Crippen LogP contribution in [0.2, 0.25) is 0 Å². The summed E-state index contributed by atoms with van der Waals surface area (Å²) in [7, 11) is 0. The van der Waals surface area contributed by atoms with Gasteiger partial charge in [0.1, 0.15) is 12.1 Å². The van der Waals surface area contributed by atoms with Crippen molar-refractivity contribution in [3.05, 3.63) is 59.7 Å². The molecular formula is C21H25NO4. The van der Waals surface area contributed by atoms with Gasteiger partial charge < -0.3 is 14.9 Å². The van der Waals surface area contributed by atoms with Crippen molar-refractivity contribution in [2.75, 3.05) is 6.54 Å². The number of rotatable bonds is 6. The Morgan fingerprint density at radius 1 is 1.19 bits per heavy atom. The topological polar surface area (TPSA) is 78.8 Å². The minimum Gasteiger partial charge on any atom is -0.480 e. The molecule has 0 radical (unpaired) electrons. The number of ether oxygens (including phenoxy) is 1. The molecule has 0 saturated carbocycles. The number of carboxylic acids is 1. The van der Waals surface area contributed by atoms with Gasteiger partial charge in [0.05, 0.1) is 12.7 Å². The Kier molecular flexibility index (Phi) is 5.71. The van der Waals surface area contributed by atoms with Gasteiger partial charge in [0, 0.05) is 6.54 Å². The molecule has 0 aromatic heterocycles. The Bertz CT molecular complexity index is 757. The molecule has 1 aliphatic rings. The van der Waals surface area contributed by atoms with Crippen molar-refractivity contribution in [2.45, 2.75) is 44.6 Å². The summed E-state index contributed by atoms with van der Waals surface area (Å²) in [5.74, 6) is -0.607. The molecule has 1 heterocycles. The molecule has 3 N–H and O–H groups in total. The quantitative estimate of drug-likeness (QED) is 0.743. The number of carboxylic acid groups (broad SMARTS) is 1. The van der Waals surface area contributed by atoms with E-state index in [1.54, 1.807) is 0 Å². The minimum atomic E-state index is -1.06. The Labute approximate surface area is 153 Å². The van der Waals surface area contributed by atoms with Crippen LogP contribution in [0.4, 0.5) is 0 Å². The maximum Gasteiger partial charge on any atom is 0.323 e. The summed E-state index contributed by atoms with van der Waals surface area (Å²) in [5, 5.41) is 21.8. The summed E-state index contributed by atoms with van der Waals surface area (Å²) in [6.45, 7) is 5.04. The molecule has 1 aliphatic heterocycles. The normalized spacial score (nSPS) is 22.7. The fourth-order valence-corrected chi connectivity index (χ4v) is 3.34. The van der Waals surface area contributed by atoms with Crippen molar-refractivity contribution in [3.8, 4) is 11.1 Å². The number of aliphatic hydroxyl groups excluding tert-OH is 1. The summed E-state index contributed by atoms with van der Waals surface area (Å²) in [4.78, 5) is 11.0. The number of hydrogen-bond acceptors (Lipinski definition) is 4. The highest BCUT2D eigenvalue weighted by Gasteiger charge is 2.39. The van der Waals surface area contributed by atoms with Crippen molar-refractivity contribution in [1.29, 1.82) is 0 Å². The zero-order valence-electron chi connectivity index (χ0n) is 15.1. The first-order chi connectivity index (χ1) is 12.5. The molecular weight excluding hydrogens is 330 g/mol. The van der Waals surface area contributed by atoms with Crippen molar-refractivity contribution in [2.24, 2.45) is 0 Å². The maximum absolute atomic E-state index is 11.0. The lowest BCUT2D eigenvalue weighted by atomic mass is 9.92. The number of aliphatic carboxylic acids is 1. The molecule has 1 fully saturated rings. The lowest BCUT2D eigenvalue weighted by Crippen LogP contribution is -2.40. The van der Waals surface area contributed by atoms with Gasteiger partial charge in [-0.3, -0.25) is 10.1 Å². The Morgan fingerprint density at radius 2 is 1.88 bits per heavy atom. The fraction of sp³-hybridized carbons (Fsp3) is 0.381. The number of nitrogens with one attached hydrogen (secondary N) is 1. The first-order valence-electron chi connectivity index (χ1n) is 8.91. The van der Waals surface area contributed by atoms with Crippen LogP contribution in [-0.4, -0.2) is 41.0 Å². The van der Waals surface area contributed by atoms with Crippen molar-refractivity contribution < 1.29 is 19.7 Å². The molecule has 5 heteroatoms. The molecule has 3 rings (SSSR count). The van der Waals surface area contributed by atoms with Crippen LogP contribution in [0.25, 0.3) is 11.1 Å². The van der Waals surface area contributed by atoms with Crippen LogP contribution in [0.1, 0.15) is 30.9 Å². The third-order valence-electron chi connectivity index (χ3n) is 4.84. The van der Waals surface area contributed by atoms with Crippen LogP contribution in [0.5, 0.6) is 0 Å². The van der Waals surface area contributed by atoms with Gasteiger partial charge in [-0.25, -0.2) is 0 Å². The number of carbonyl (C=O) groups is 1. The van der Waals surface area contributed by atoms with Gasteiger partial charge in [-0.2, -0.15) is 0 Å². The zero-order valence-corrected chi connectivity index (χ0v) is 15.1. The first kappa shape index (κ1) is 18.6. The maximum atomic E-state index is 11.0. The molecule has 3 atom stereocenters. The van der Waals surface area contributed by atoms with Gasteiger partial charge >= 0.3 is 5.97 Å². The average Bonchev–Trinajstić information content (AvgIpc) is 3.01. The second kappa shape index (κ2) is 7.99. The molecule has 0 bridgehead atoms. The molecule has 1 saturated heterocycles. The Hall–Kier alpha value is -2.21. The van der Waals surface area contributed by atoms with E-state index in [2.05, 4.69) is 49.5 Å². The molecule has 26 heavy (non-hydrogen) atoms. The molecule has 2 aromatic carbocycles. The van der Waals surface area contributed by atoms with E-state index in [0.29, 0.717) is 19.1 Å². The highest BCUT2D eigenvalue weighted by atomic mass is 16.5. The first-order valence-corrected chi connectivity index (χ1v) is 8.91. The highest BCUT2D eigenvalue weighted by Crippen LogP contribution is 2.29. The fourth-order valence-electron chi connectivity index (χ4n) is 3.34. The summed E-state index contributed by atoms with van der Waals surface area (Å²) < 4.78 is 5.71. The Balaban J connectivity index is 1.65. The summed E-state index contributed by atoms with van der Waals surface area (Å²) in [5.41, 5.74) is 4.69. The number of benzene rings is 2. The van der Waals surface area contributed by atoms with E-state index < -0.39 is 24.2 Å². The molecule has 0 spiro atoms. The van der Waals surface area contributed by atoms with Gasteiger partial charge in [0.15, 0.2) is 0 Å². The largest absolute Gasteiger partial charge is 0.480 e. The molecule has 0 amide bonds. The van der Waals surface area contributed by atoms with Crippen LogP contribution in [-0.2, 0) is 16.1 Å². The second-order valence-electron chi connectivity index (χ2n) is 7.00. The van der Waals surface area contributed by atoms with E-state index in [1.807, 2.05) is 18.2 Å². The van der Waals surface area contributed by atoms with E-state index >= 15 is 0 Å². The third kappa shape index (κ3) is 3.96. The van der Waals surface area contributed by atoms with E-state index in [-0.39, 0.29) is 0 Å². The van der Waals surface area contributed by atoms with Crippen LogP contribution in [0.15, 0.2) is 48.5 Å². The number of hydrogen-bond donors (Lipinski definition) is 3. The summed E-state index contributed by atoms with van der Waals surface area (Å²) in [6.07, 6.45) is -1.55. The van der Waals surface area contributed by atoms with Crippen LogP contribution >= 0.6 is 0 Å². The van der Waals surface area contributed by atoms with Gasteiger partial charge in [0.25, 0.3) is 0 Å². The predicted octanol–water partition coefficient (Wildman–Crippen LogP) is 2.78. The van der Waals surface area contributed by atoms with E-state index in [0.717, 1.165) is 11.1 Å². The SMILES string of the molecule is CC(C)c1ccccc1-c1ccc(CO[C@H]2CN[C@@H](C(=O)O)[C@@H]2O)cc1. The number of aliphatic hydroxyl groups is 1. The van der Waals surface area contributed by atoms with Crippen LogP contribution in [0.3, 0.4) is 0 Å².